The number of hydrogen-bond acceptors (Lipinski definition) is 8. The third-order valence-corrected chi connectivity index (χ3v) is 6.46. The first kappa shape index (κ1) is 30.0. The smallest absolute Gasteiger partial charge is 0.326 e. The molecular weight excluding hydrogens is 488 g/mol. The number of nitrogens with two attached hydrogens (primary N) is 1. The maximum atomic E-state index is 13.0. The Kier molecular flexibility index (Phi) is 10.8. The molecule has 5 amide bonds. The molecule has 14 nitrogen and oxygen atoms in total. The number of aliphatic hydroxyl groups excluding tert-OH is 1. The number of carbonyl (C=O) groups is 6. The van der Waals surface area contributed by atoms with Crippen LogP contribution in [0.4, 0.5) is 0 Å². The van der Waals surface area contributed by atoms with Gasteiger partial charge in [-0.05, 0) is 44.9 Å². The Morgan fingerprint density at radius 1 is 0.973 bits per heavy atom. The Hall–Kier alpha value is -3.26. The second-order valence-corrected chi connectivity index (χ2v) is 9.80. The maximum Gasteiger partial charge on any atom is 0.326 e. The summed E-state index contributed by atoms with van der Waals surface area (Å²) >= 11 is 0. The molecule has 5 atom stereocenters. The van der Waals surface area contributed by atoms with Gasteiger partial charge in [-0.15, -0.1) is 0 Å². The van der Waals surface area contributed by atoms with Crippen molar-refractivity contribution in [3.05, 3.63) is 0 Å². The van der Waals surface area contributed by atoms with E-state index >= 15 is 0 Å². The van der Waals surface area contributed by atoms with E-state index in [0.29, 0.717) is 19.3 Å². The highest BCUT2D eigenvalue weighted by Gasteiger charge is 2.45. The molecule has 0 aliphatic carbocycles. The van der Waals surface area contributed by atoms with Gasteiger partial charge in [0.05, 0.1) is 13.1 Å². The van der Waals surface area contributed by atoms with Gasteiger partial charge in [-0.1, -0.05) is 13.8 Å². The van der Waals surface area contributed by atoms with Gasteiger partial charge in [-0.25, -0.2) is 4.79 Å². The van der Waals surface area contributed by atoms with E-state index in [0.717, 1.165) is 4.90 Å². The molecule has 2 saturated heterocycles. The van der Waals surface area contributed by atoms with Crippen molar-refractivity contribution in [2.75, 3.05) is 19.6 Å². The number of likely N-dealkylation sites (tertiary alicyclic amines) is 2. The van der Waals surface area contributed by atoms with E-state index in [4.69, 9.17) is 5.73 Å². The van der Waals surface area contributed by atoms with E-state index in [2.05, 4.69) is 16.0 Å². The topological polar surface area (TPSA) is 211 Å². The number of rotatable bonds is 11. The first-order valence-corrected chi connectivity index (χ1v) is 12.5. The summed E-state index contributed by atoms with van der Waals surface area (Å²) in [6.07, 6.45) is 0.184. The Morgan fingerprint density at radius 3 is 2.24 bits per heavy atom. The summed E-state index contributed by atoms with van der Waals surface area (Å²) in [5.41, 5.74) is 5.30. The molecule has 0 bridgehead atoms. The highest BCUT2D eigenvalue weighted by Crippen LogP contribution is 2.28. The Labute approximate surface area is 215 Å². The van der Waals surface area contributed by atoms with Crippen molar-refractivity contribution in [2.45, 2.75) is 83.3 Å². The van der Waals surface area contributed by atoms with Crippen LogP contribution in [0.5, 0.6) is 0 Å². The lowest BCUT2D eigenvalue weighted by molar-refractivity contribution is -0.158. The summed E-state index contributed by atoms with van der Waals surface area (Å²) in [5.74, 6) is -4.03. The normalized spacial score (nSPS) is 22.9. The predicted molar refractivity (Wildman–Crippen MR) is 129 cm³/mol. The van der Waals surface area contributed by atoms with E-state index in [1.54, 1.807) is 0 Å². The van der Waals surface area contributed by atoms with Crippen LogP contribution in [-0.2, 0) is 28.8 Å². The largest absolute Gasteiger partial charge is 0.480 e. The van der Waals surface area contributed by atoms with Gasteiger partial charge >= 0.3 is 5.97 Å². The van der Waals surface area contributed by atoms with Crippen LogP contribution >= 0.6 is 0 Å². The van der Waals surface area contributed by atoms with Gasteiger partial charge in [-0.2, -0.15) is 0 Å². The second-order valence-electron chi connectivity index (χ2n) is 9.80. The zero-order valence-electron chi connectivity index (χ0n) is 21.4. The number of carboxylic acids is 1. The van der Waals surface area contributed by atoms with Gasteiger partial charge in [-0.3, -0.25) is 24.0 Å². The predicted octanol–water partition coefficient (Wildman–Crippen LogP) is -2.52. The van der Waals surface area contributed by atoms with Crippen molar-refractivity contribution in [2.24, 2.45) is 11.7 Å². The number of nitrogens with one attached hydrogen (secondary N) is 3. The Balaban J connectivity index is 1.93. The number of carbonyl (C=O) groups excluding carboxylic acids is 5. The maximum absolute atomic E-state index is 13.0. The number of carboxylic acid groups (broad SMARTS) is 1. The van der Waals surface area contributed by atoms with Crippen molar-refractivity contribution in [3.63, 3.8) is 0 Å². The molecule has 2 heterocycles. The number of nitrogens with zero attached hydrogens (tertiary/aromatic N) is 2. The molecule has 37 heavy (non-hydrogen) atoms. The van der Waals surface area contributed by atoms with Crippen molar-refractivity contribution in [1.29, 1.82) is 0 Å². The minimum absolute atomic E-state index is 0.0825. The fourth-order valence-corrected chi connectivity index (χ4v) is 4.58. The molecule has 0 radical (unpaired) electrons. The van der Waals surface area contributed by atoms with Crippen LogP contribution in [0, 0.1) is 5.92 Å². The molecular formula is C23H38N6O8. The first-order valence-electron chi connectivity index (χ1n) is 12.5. The minimum Gasteiger partial charge on any atom is -0.480 e. The van der Waals surface area contributed by atoms with Crippen molar-refractivity contribution >= 4 is 35.5 Å². The van der Waals surface area contributed by atoms with Crippen molar-refractivity contribution < 1.29 is 39.0 Å². The van der Waals surface area contributed by atoms with Crippen LogP contribution in [0.25, 0.3) is 0 Å². The molecule has 2 aliphatic rings. The number of aliphatic hydroxyl groups is 1. The number of hydrogen-bond donors (Lipinski definition) is 6. The summed E-state index contributed by atoms with van der Waals surface area (Å²) in [7, 11) is 0. The van der Waals surface area contributed by atoms with E-state index in [-0.39, 0.29) is 31.8 Å². The van der Waals surface area contributed by atoms with E-state index in [9.17, 15) is 39.0 Å². The highest BCUT2D eigenvalue weighted by atomic mass is 16.4. The van der Waals surface area contributed by atoms with Gasteiger partial charge in [0.1, 0.15) is 30.4 Å². The molecule has 208 valence electrons. The molecule has 0 aromatic heterocycles. The van der Waals surface area contributed by atoms with Crippen LogP contribution in [0.3, 0.4) is 0 Å². The summed E-state index contributed by atoms with van der Waals surface area (Å²) in [4.78, 5) is 76.3. The highest BCUT2D eigenvalue weighted by molar-refractivity contribution is 5.95. The SMILES string of the molecule is CC(C)C[C@H](NC(=O)CN)C(=O)N[C@@H](C)C(=O)NCC(=O)N1CCC[C@H]1C(=O)N1C(O)CC[C@H]1C(=O)O. The number of amides is 5. The lowest BCUT2D eigenvalue weighted by Gasteiger charge is -2.32. The summed E-state index contributed by atoms with van der Waals surface area (Å²) in [6.45, 7) is 4.70. The van der Waals surface area contributed by atoms with E-state index < -0.39 is 72.4 Å². The van der Waals surface area contributed by atoms with Crippen molar-refractivity contribution in [3.8, 4) is 0 Å². The Bertz CT molecular complexity index is 896. The summed E-state index contributed by atoms with van der Waals surface area (Å²) in [6, 6.07) is -3.98. The van der Waals surface area contributed by atoms with Crippen LogP contribution in [-0.4, -0.2) is 106 Å². The molecule has 14 heteroatoms. The molecule has 2 aliphatic heterocycles. The van der Waals surface area contributed by atoms with Gasteiger partial charge in [0.15, 0.2) is 0 Å². The van der Waals surface area contributed by atoms with Gasteiger partial charge in [0, 0.05) is 6.54 Å². The third kappa shape index (κ3) is 7.86. The fraction of sp³-hybridized carbons (Fsp3) is 0.739. The van der Waals surface area contributed by atoms with Crippen LogP contribution in [0.1, 0.15) is 52.9 Å². The average Bonchev–Trinajstić information content (AvgIpc) is 3.48. The minimum atomic E-state index is -1.23. The lowest BCUT2D eigenvalue weighted by atomic mass is 10.0. The average molecular weight is 527 g/mol. The quantitative estimate of drug-likeness (QED) is 0.167. The van der Waals surface area contributed by atoms with Gasteiger partial charge in [0.25, 0.3) is 0 Å². The molecule has 2 rings (SSSR count). The molecule has 7 N–H and O–H groups in total. The second kappa shape index (κ2) is 13.3. The van der Waals surface area contributed by atoms with Gasteiger partial charge in [0.2, 0.25) is 29.5 Å². The third-order valence-electron chi connectivity index (χ3n) is 6.46. The molecule has 2 fully saturated rings. The van der Waals surface area contributed by atoms with E-state index in [1.165, 1.54) is 11.8 Å². The zero-order valence-corrected chi connectivity index (χ0v) is 21.4. The van der Waals surface area contributed by atoms with E-state index in [1.807, 2.05) is 13.8 Å². The standard InChI is InChI=1S/C23H38N6O8/c1-12(2)9-14(27-17(30)10-24)21(34)26-13(3)20(33)25-11-19(32)28-8-4-5-15(28)22(35)29-16(23(36)37)6-7-18(29)31/h12-16,18,31H,4-11,24H2,1-3H3,(H,25,33)(H,26,34)(H,27,30)(H,36,37)/t13-,14-,15-,16-,18?/m0/s1. The summed E-state index contributed by atoms with van der Waals surface area (Å²) < 4.78 is 0. The molecule has 0 aromatic carbocycles. The lowest BCUT2D eigenvalue weighted by Crippen LogP contribution is -2.56. The number of aliphatic carboxylic acids is 1. The molecule has 0 saturated carbocycles. The Morgan fingerprint density at radius 2 is 1.65 bits per heavy atom. The molecule has 0 aromatic rings. The molecule has 1 unspecified atom stereocenters. The van der Waals surface area contributed by atoms with Crippen LogP contribution in [0.2, 0.25) is 0 Å². The van der Waals surface area contributed by atoms with Crippen LogP contribution < -0.4 is 21.7 Å². The van der Waals surface area contributed by atoms with Crippen molar-refractivity contribution in [1.82, 2.24) is 25.8 Å². The fourth-order valence-electron chi connectivity index (χ4n) is 4.58. The van der Waals surface area contributed by atoms with Gasteiger partial charge < -0.3 is 41.7 Å². The zero-order chi connectivity index (χ0) is 27.9. The van der Waals surface area contributed by atoms with Crippen LogP contribution in [0.15, 0.2) is 0 Å². The molecule has 0 spiro atoms. The summed E-state index contributed by atoms with van der Waals surface area (Å²) in [5, 5.41) is 27.0. The monoisotopic (exact) mass is 526 g/mol. The first-order chi connectivity index (χ1) is 17.4.